The normalized spacial score (nSPS) is 11.2. The van der Waals surface area contributed by atoms with Crippen LogP contribution in [0.5, 0.6) is 0 Å². The average molecular weight is 180 g/mol. The molecule has 6 nitrogen and oxygen atoms in total. The van der Waals surface area contributed by atoms with E-state index in [1.54, 1.807) is 4.52 Å². The zero-order chi connectivity index (χ0) is 9.42. The Morgan fingerprint density at radius 1 is 1.46 bits per heavy atom. The maximum absolute atomic E-state index is 5.76. The first-order chi connectivity index (χ1) is 6.24. The van der Waals surface area contributed by atoms with Gasteiger partial charge in [-0.3, -0.25) is 5.10 Å². The molecule has 2 aromatic rings. The van der Waals surface area contributed by atoms with Gasteiger partial charge in [0.05, 0.1) is 11.4 Å². The fourth-order valence-corrected chi connectivity index (χ4v) is 1.30. The van der Waals surface area contributed by atoms with Crippen LogP contribution in [0.3, 0.4) is 0 Å². The first kappa shape index (κ1) is 8.06. The molecule has 0 saturated heterocycles. The topological polar surface area (TPSA) is 98.0 Å². The van der Waals surface area contributed by atoms with Crippen molar-refractivity contribution in [3.63, 3.8) is 0 Å². The van der Waals surface area contributed by atoms with Gasteiger partial charge in [0, 0.05) is 6.42 Å². The minimum atomic E-state index is 0.554. The van der Waals surface area contributed by atoms with Crippen molar-refractivity contribution in [1.82, 2.24) is 19.8 Å². The number of nitrogens with zero attached hydrogens (tertiary/aromatic N) is 3. The van der Waals surface area contributed by atoms with Gasteiger partial charge in [0.25, 0.3) is 0 Å². The second-order valence-corrected chi connectivity index (χ2v) is 2.96. The summed E-state index contributed by atoms with van der Waals surface area (Å²) in [5.41, 5.74) is 13.4. The number of H-pyrrole nitrogens is 1. The largest absolute Gasteiger partial charge is 0.394 e. The standard InChI is InChI=1S/C7H12N6/c1-4-6(9)7-11-10-5(2-3-8)13(7)12-4/h12H,2-3,8-9H2,1H3. The molecule has 0 unspecified atom stereocenters. The number of nitrogens with two attached hydrogens (primary N) is 2. The van der Waals surface area contributed by atoms with Crippen LogP contribution < -0.4 is 11.5 Å². The quantitative estimate of drug-likeness (QED) is 0.577. The van der Waals surface area contributed by atoms with Gasteiger partial charge < -0.3 is 11.5 Å². The van der Waals surface area contributed by atoms with Gasteiger partial charge >= 0.3 is 0 Å². The Balaban J connectivity index is 2.60. The minimum absolute atomic E-state index is 0.554. The highest BCUT2D eigenvalue weighted by Gasteiger charge is 2.11. The summed E-state index contributed by atoms with van der Waals surface area (Å²) in [7, 11) is 0. The lowest BCUT2D eigenvalue weighted by atomic mass is 10.4. The van der Waals surface area contributed by atoms with Crippen LogP contribution in [0.2, 0.25) is 0 Å². The Labute approximate surface area is 74.9 Å². The number of fused-ring (bicyclic) bond motifs is 1. The minimum Gasteiger partial charge on any atom is -0.394 e. The van der Waals surface area contributed by atoms with Crippen LogP contribution >= 0.6 is 0 Å². The van der Waals surface area contributed by atoms with Crippen molar-refractivity contribution in [1.29, 1.82) is 0 Å². The molecular weight excluding hydrogens is 168 g/mol. The third-order valence-corrected chi connectivity index (χ3v) is 2.02. The molecule has 0 atom stereocenters. The van der Waals surface area contributed by atoms with Crippen LogP contribution in [0.15, 0.2) is 0 Å². The van der Waals surface area contributed by atoms with Gasteiger partial charge in [-0.15, -0.1) is 10.2 Å². The monoisotopic (exact) mass is 180 g/mol. The lowest BCUT2D eigenvalue weighted by molar-refractivity contribution is 0.791. The Hall–Kier alpha value is -1.56. The number of hydrogen-bond donors (Lipinski definition) is 3. The Kier molecular flexibility index (Phi) is 1.70. The number of aromatic amines is 1. The maximum atomic E-state index is 5.76. The van der Waals surface area contributed by atoms with Crippen molar-refractivity contribution in [3.8, 4) is 0 Å². The Morgan fingerprint density at radius 2 is 2.23 bits per heavy atom. The number of hydrogen-bond acceptors (Lipinski definition) is 4. The smallest absolute Gasteiger partial charge is 0.200 e. The number of aryl methyl sites for hydroxylation is 1. The third-order valence-electron chi connectivity index (χ3n) is 2.02. The fourth-order valence-electron chi connectivity index (χ4n) is 1.30. The summed E-state index contributed by atoms with van der Waals surface area (Å²) in [5, 5.41) is 11.0. The van der Waals surface area contributed by atoms with E-state index in [1.165, 1.54) is 0 Å². The van der Waals surface area contributed by atoms with Crippen LogP contribution in [0, 0.1) is 6.92 Å². The summed E-state index contributed by atoms with van der Waals surface area (Å²) >= 11 is 0. The van der Waals surface area contributed by atoms with Crippen molar-refractivity contribution in [2.24, 2.45) is 5.73 Å². The highest BCUT2D eigenvalue weighted by molar-refractivity contribution is 5.66. The zero-order valence-corrected chi connectivity index (χ0v) is 7.41. The molecule has 0 fully saturated rings. The molecule has 0 aromatic carbocycles. The van der Waals surface area contributed by atoms with Crippen molar-refractivity contribution in [3.05, 3.63) is 11.5 Å². The van der Waals surface area contributed by atoms with E-state index in [-0.39, 0.29) is 0 Å². The molecule has 0 radical (unpaired) electrons. The average Bonchev–Trinajstić information content (AvgIpc) is 2.59. The predicted octanol–water partition coefficient (Wildman–Crippen LogP) is -0.551. The van der Waals surface area contributed by atoms with Crippen molar-refractivity contribution in [2.45, 2.75) is 13.3 Å². The molecule has 0 saturated carbocycles. The molecule has 70 valence electrons. The van der Waals surface area contributed by atoms with Gasteiger partial charge in [-0.25, -0.2) is 4.52 Å². The van der Waals surface area contributed by atoms with Crippen molar-refractivity contribution in [2.75, 3.05) is 12.3 Å². The van der Waals surface area contributed by atoms with E-state index in [4.69, 9.17) is 11.5 Å². The first-order valence-electron chi connectivity index (χ1n) is 4.12. The van der Waals surface area contributed by atoms with E-state index >= 15 is 0 Å². The first-order valence-corrected chi connectivity index (χ1v) is 4.12. The molecule has 0 aliphatic carbocycles. The molecule has 13 heavy (non-hydrogen) atoms. The maximum Gasteiger partial charge on any atom is 0.200 e. The summed E-state index contributed by atoms with van der Waals surface area (Å²) in [6.07, 6.45) is 0.695. The van der Waals surface area contributed by atoms with Crippen molar-refractivity contribution >= 4 is 11.3 Å². The van der Waals surface area contributed by atoms with Crippen LogP contribution in [0.4, 0.5) is 5.69 Å². The van der Waals surface area contributed by atoms with Crippen LogP contribution in [0.25, 0.3) is 5.65 Å². The van der Waals surface area contributed by atoms with Crippen LogP contribution in [-0.2, 0) is 6.42 Å². The van der Waals surface area contributed by atoms with Gasteiger partial charge in [0.15, 0.2) is 5.82 Å². The zero-order valence-electron chi connectivity index (χ0n) is 7.41. The summed E-state index contributed by atoms with van der Waals surface area (Å²) in [4.78, 5) is 0. The molecular formula is C7H12N6. The molecule has 0 amide bonds. The lowest BCUT2D eigenvalue weighted by Gasteiger charge is -1.91. The van der Waals surface area contributed by atoms with E-state index < -0.39 is 0 Å². The van der Waals surface area contributed by atoms with Gasteiger partial charge in [-0.2, -0.15) is 0 Å². The highest BCUT2D eigenvalue weighted by atomic mass is 15.4. The number of nitrogen functional groups attached to an aromatic ring is 1. The Morgan fingerprint density at radius 3 is 2.92 bits per heavy atom. The molecule has 0 spiro atoms. The molecule has 2 heterocycles. The summed E-state index contributed by atoms with van der Waals surface area (Å²) < 4.78 is 1.78. The molecule has 5 N–H and O–H groups in total. The summed E-state index contributed by atoms with van der Waals surface area (Å²) in [5.74, 6) is 0.817. The van der Waals surface area contributed by atoms with Crippen LogP contribution in [-0.4, -0.2) is 26.4 Å². The molecule has 0 aliphatic rings. The van der Waals surface area contributed by atoms with E-state index in [9.17, 15) is 0 Å². The van der Waals surface area contributed by atoms with E-state index in [0.717, 1.165) is 11.5 Å². The van der Waals surface area contributed by atoms with E-state index in [1.807, 2.05) is 6.92 Å². The molecule has 2 rings (SSSR count). The SMILES string of the molecule is Cc1[nH]n2c(CCN)nnc2c1N. The second-order valence-electron chi connectivity index (χ2n) is 2.96. The third kappa shape index (κ3) is 1.06. The van der Waals surface area contributed by atoms with Gasteiger partial charge in [-0.1, -0.05) is 0 Å². The van der Waals surface area contributed by atoms with Gasteiger partial charge in [0.2, 0.25) is 5.65 Å². The molecule has 6 heteroatoms. The molecule has 0 bridgehead atoms. The Bertz CT molecular complexity index is 425. The van der Waals surface area contributed by atoms with Crippen molar-refractivity contribution < 1.29 is 0 Å². The number of nitrogens with one attached hydrogen (secondary N) is 1. The summed E-state index contributed by atoms with van der Waals surface area (Å²) in [6.45, 7) is 2.45. The number of aromatic nitrogens is 4. The summed E-state index contributed by atoms with van der Waals surface area (Å²) in [6, 6.07) is 0. The lowest BCUT2D eigenvalue weighted by Crippen LogP contribution is -2.06. The molecule has 0 aliphatic heterocycles. The van der Waals surface area contributed by atoms with E-state index in [0.29, 0.717) is 24.3 Å². The molecule has 2 aromatic heterocycles. The van der Waals surface area contributed by atoms with Crippen LogP contribution in [0.1, 0.15) is 11.5 Å². The highest BCUT2D eigenvalue weighted by Crippen LogP contribution is 2.15. The fraction of sp³-hybridized carbons (Fsp3) is 0.429. The number of anilines is 1. The van der Waals surface area contributed by atoms with Gasteiger partial charge in [0.1, 0.15) is 0 Å². The second kappa shape index (κ2) is 2.74. The number of rotatable bonds is 2. The predicted molar refractivity (Wildman–Crippen MR) is 49.2 cm³/mol. The van der Waals surface area contributed by atoms with Gasteiger partial charge in [-0.05, 0) is 13.5 Å². The van der Waals surface area contributed by atoms with E-state index in [2.05, 4.69) is 15.3 Å².